The molecule has 0 atom stereocenters. The van der Waals surface area contributed by atoms with Crippen LogP contribution in [0.3, 0.4) is 0 Å². The number of methoxy groups -OCH3 is 2. The number of carbonyl (C=O) groups excluding carboxylic acids is 1. The second-order valence-corrected chi connectivity index (χ2v) is 6.94. The van der Waals surface area contributed by atoms with Gasteiger partial charge in [-0.1, -0.05) is 41.9 Å². The van der Waals surface area contributed by atoms with Crippen LogP contribution in [0.4, 0.5) is 0 Å². The lowest BCUT2D eigenvalue weighted by Crippen LogP contribution is -2.18. The topological polar surface area (TPSA) is 77.8 Å². The van der Waals surface area contributed by atoms with Gasteiger partial charge >= 0.3 is 5.97 Å². The molecule has 0 saturated heterocycles. The Labute approximate surface area is 191 Å². The van der Waals surface area contributed by atoms with Crippen molar-refractivity contribution in [3.8, 4) is 29.1 Å². The van der Waals surface area contributed by atoms with Gasteiger partial charge < -0.3 is 18.9 Å². The number of esters is 1. The molecule has 6 nitrogen and oxygen atoms in total. The second-order valence-electron chi connectivity index (χ2n) is 6.50. The number of ether oxygens (including phenoxy) is 4. The Morgan fingerprint density at radius 1 is 0.938 bits per heavy atom. The molecule has 7 heteroatoms. The molecule has 0 aliphatic rings. The summed E-state index contributed by atoms with van der Waals surface area (Å²) in [6.45, 7) is -0.305. The number of nitrogens with zero attached hydrogens (tertiary/aromatic N) is 1. The molecule has 162 valence electrons. The molecule has 0 fully saturated rings. The standard InChI is InChI=1S/C25H20ClNO5/c1-29-21-5-3-4-6-22(21)31-16-25(28)32-23-12-7-17(14-24(23)30-2)13-19(15-27)18-8-10-20(26)11-9-18/h3-14H,16H2,1-2H3/b19-13-. The van der Waals surface area contributed by atoms with Crippen LogP contribution in [0.25, 0.3) is 11.6 Å². The van der Waals surface area contributed by atoms with Crippen LogP contribution in [0, 0.1) is 11.3 Å². The van der Waals surface area contributed by atoms with Gasteiger partial charge in [0.05, 0.1) is 25.9 Å². The smallest absolute Gasteiger partial charge is 0.349 e. The Hall–Kier alpha value is -3.95. The molecular formula is C25H20ClNO5. The summed E-state index contributed by atoms with van der Waals surface area (Å²) >= 11 is 5.92. The lowest BCUT2D eigenvalue weighted by atomic mass is 10.0. The highest BCUT2D eigenvalue weighted by molar-refractivity contribution is 6.30. The molecule has 32 heavy (non-hydrogen) atoms. The molecule has 3 aromatic rings. The molecule has 0 spiro atoms. The highest BCUT2D eigenvalue weighted by Gasteiger charge is 2.13. The van der Waals surface area contributed by atoms with Gasteiger partial charge in [-0.25, -0.2) is 4.79 Å². The number of allylic oxidation sites excluding steroid dienone is 1. The van der Waals surface area contributed by atoms with Crippen LogP contribution in [0.1, 0.15) is 11.1 Å². The molecule has 0 bridgehead atoms. The summed E-state index contributed by atoms with van der Waals surface area (Å²) < 4.78 is 21.4. The normalized spacial score (nSPS) is 10.8. The van der Waals surface area contributed by atoms with Crippen molar-refractivity contribution >= 4 is 29.2 Å². The molecule has 0 amide bonds. The van der Waals surface area contributed by atoms with Gasteiger partial charge in [0.2, 0.25) is 0 Å². The van der Waals surface area contributed by atoms with Crippen molar-refractivity contribution in [2.24, 2.45) is 0 Å². The van der Waals surface area contributed by atoms with Gasteiger partial charge in [0, 0.05) is 5.02 Å². The van der Waals surface area contributed by atoms with E-state index in [0.29, 0.717) is 33.4 Å². The first-order chi connectivity index (χ1) is 15.5. The van der Waals surface area contributed by atoms with Crippen LogP contribution >= 0.6 is 11.6 Å². The highest BCUT2D eigenvalue weighted by Crippen LogP contribution is 2.31. The third-order valence-corrected chi connectivity index (χ3v) is 4.66. The minimum absolute atomic E-state index is 0.239. The first-order valence-corrected chi connectivity index (χ1v) is 9.94. The van der Waals surface area contributed by atoms with Gasteiger partial charge in [-0.05, 0) is 53.6 Å². The number of hydrogen-bond acceptors (Lipinski definition) is 6. The minimum atomic E-state index is -0.601. The van der Waals surface area contributed by atoms with Crippen molar-refractivity contribution in [2.75, 3.05) is 20.8 Å². The maximum atomic E-state index is 12.3. The monoisotopic (exact) mass is 449 g/mol. The first kappa shape index (κ1) is 22.7. The minimum Gasteiger partial charge on any atom is -0.493 e. The van der Waals surface area contributed by atoms with Gasteiger partial charge in [-0.15, -0.1) is 0 Å². The number of nitriles is 1. The zero-order chi connectivity index (χ0) is 22.9. The largest absolute Gasteiger partial charge is 0.493 e. The highest BCUT2D eigenvalue weighted by atomic mass is 35.5. The van der Waals surface area contributed by atoms with Crippen molar-refractivity contribution in [1.82, 2.24) is 0 Å². The third-order valence-electron chi connectivity index (χ3n) is 4.41. The van der Waals surface area contributed by atoms with Crippen LogP contribution in [-0.4, -0.2) is 26.8 Å². The summed E-state index contributed by atoms with van der Waals surface area (Å²) in [5, 5.41) is 10.1. The van der Waals surface area contributed by atoms with Crippen molar-refractivity contribution in [2.45, 2.75) is 0 Å². The predicted octanol–water partition coefficient (Wildman–Crippen LogP) is 5.41. The summed E-state index contributed by atoms with van der Waals surface area (Å²) in [6.07, 6.45) is 1.71. The summed E-state index contributed by atoms with van der Waals surface area (Å²) in [4.78, 5) is 12.3. The van der Waals surface area contributed by atoms with E-state index < -0.39 is 5.97 Å². The maximum Gasteiger partial charge on any atom is 0.349 e. The molecule has 0 saturated carbocycles. The van der Waals surface area contributed by atoms with Crippen LogP contribution < -0.4 is 18.9 Å². The van der Waals surface area contributed by atoms with Gasteiger partial charge in [0.15, 0.2) is 29.6 Å². The molecule has 0 heterocycles. The fourth-order valence-corrected chi connectivity index (χ4v) is 2.99. The van der Waals surface area contributed by atoms with E-state index >= 15 is 0 Å². The Bertz CT molecular complexity index is 1170. The first-order valence-electron chi connectivity index (χ1n) is 9.56. The van der Waals surface area contributed by atoms with Crippen LogP contribution in [-0.2, 0) is 4.79 Å². The third kappa shape index (κ3) is 5.81. The molecule has 0 unspecified atom stereocenters. The van der Waals surface area contributed by atoms with E-state index in [0.717, 1.165) is 5.56 Å². The van der Waals surface area contributed by atoms with E-state index in [-0.39, 0.29) is 12.4 Å². The van der Waals surface area contributed by atoms with Crippen LogP contribution in [0.5, 0.6) is 23.0 Å². The summed E-state index contributed by atoms with van der Waals surface area (Å²) in [7, 11) is 2.99. The molecule has 0 aliphatic heterocycles. The lowest BCUT2D eigenvalue weighted by Gasteiger charge is -2.12. The lowest BCUT2D eigenvalue weighted by molar-refractivity contribution is -0.136. The number of halogens is 1. The quantitative estimate of drug-likeness (QED) is 0.198. The van der Waals surface area contributed by atoms with Crippen molar-refractivity contribution in [3.63, 3.8) is 0 Å². The molecule has 0 N–H and O–H groups in total. The van der Waals surface area contributed by atoms with E-state index in [9.17, 15) is 10.1 Å². The maximum absolute atomic E-state index is 12.3. The van der Waals surface area contributed by atoms with Gasteiger partial charge in [-0.3, -0.25) is 0 Å². The fourth-order valence-electron chi connectivity index (χ4n) is 2.86. The Morgan fingerprint density at radius 2 is 1.62 bits per heavy atom. The predicted molar refractivity (Wildman–Crippen MR) is 122 cm³/mol. The molecular weight excluding hydrogens is 430 g/mol. The van der Waals surface area contributed by atoms with Gasteiger partial charge in [-0.2, -0.15) is 5.26 Å². The van der Waals surface area contributed by atoms with Crippen LogP contribution in [0.15, 0.2) is 66.7 Å². The van der Waals surface area contributed by atoms with Crippen molar-refractivity contribution < 1.29 is 23.7 Å². The SMILES string of the molecule is COc1ccccc1OCC(=O)Oc1ccc(/C=C(/C#N)c2ccc(Cl)cc2)cc1OC. The summed E-state index contributed by atoms with van der Waals surface area (Å²) in [5.74, 6) is 0.936. The Morgan fingerprint density at radius 3 is 2.28 bits per heavy atom. The number of para-hydroxylation sites is 2. The Kier molecular flexibility index (Phi) is 7.74. The average molecular weight is 450 g/mol. The number of rotatable bonds is 8. The van der Waals surface area contributed by atoms with E-state index in [1.807, 2.05) is 0 Å². The molecule has 3 aromatic carbocycles. The summed E-state index contributed by atoms with van der Waals surface area (Å²) in [5.41, 5.74) is 1.90. The average Bonchev–Trinajstić information content (AvgIpc) is 2.82. The molecule has 0 aromatic heterocycles. The van der Waals surface area contributed by atoms with E-state index in [4.69, 9.17) is 30.5 Å². The van der Waals surface area contributed by atoms with Crippen molar-refractivity contribution in [3.05, 3.63) is 82.9 Å². The van der Waals surface area contributed by atoms with E-state index in [2.05, 4.69) is 6.07 Å². The molecule has 0 aliphatic carbocycles. The molecule has 0 radical (unpaired) electrons. The molecule has 3 rings (SSSR count). The van der Waals surface area contributed by atoms with E-state index in [1.54, 1.807) is 72.8 Å². The number of carbonyl (C=O) groups is 1. The summed E-state index contributed by atoms with van der Waals surface area (Å²) in [6, 6.07) is 21.2. The number of benzene rings is 3. The Balaban J connectivity index is 1.72. The van der Waals surface area contributed by atoms with Crippen LogP contribution in [0.2, 0.25) is 5.02 Å². The zero-order valence-electron chi connectivity index (χ0n) is 17.5. The fraction of sp³-hybridized carbons (Fsp3) is 0.120. The number of hydrogen-bond donors (Lipinski definition) is 0. The van der Waals surface area contributed by atoms with Crippen molar-refractivity contribution in [1.29, 1.82) is 5.26 Å². The van der Waals surface area contributed by atoms with Gasteiger partial charge in [0.25, 0.3) is 0 Å². The second kappa shape index (κ2) is 10.9. The zero-order valence-corrected chi connectivity index (χ0v) is 18.3. The van der Waals surface area contributed by atoms with Gasteiger partial charge in [0.1, 0.15) is 0 Å². The van der Waals surface area contributed by atoms with E-state index in [1.165, 1.54) is 14.2 Å².